The number of rotatable bonds is 4. The number of carbonyl (C=O) groups excluding carboxylic acids is 2. The molecule has 2 unspecified atom stereocenters. The Balaban J connectivity index is 1.98. The number of hydrogen-bond acceptors (Lipinski definition) is 3. The molecular formula is C12H19NO2S. The van der Waals surface area contributed by atoms with E-state index in [4.69, 9.17) is 0 Å². The van der Waals surface area contributed by atoms with E-state index in [1.807, 2.05) is 0 Å². The van der Waals surface area contributed by atoms with E-state index < -0.39 is 0 Å². The van der Waals surface area contributed by atoms with Crippen LogP contribution in [0.15, 0.2) is 0 Å². The number of imide groups is 1. The van der Waals surface area contributed by atoms with Gasteiger partial charge in [-0.1, -0.05) is 26.2 Å². The maximum absolute atomic E-state index is 12.0. The van der Waals surface area contributed by atoms with E-state index in [-0.39, 0.29) is 23.7 Å². The summed E-state index contributed by atoms with van der Waals surface area (Å²) in [7, 11) is 0. The third-order valence-electron chi connectivity index (χ3n) is 3.52. The van der Waals surface area contributed by atoms with Crippen molar-refractivity contribution in [1.29, 1.82) is 0 Å². The second-order valence-corrected chi connectivity index (χ2v) is 5.69. The molecule has 1 saturated heterocycles. The molecule has 0 bridgehead atoms. The SMILES string of the molecule is CCCCSN1C(=O)C2CCCCC2C1=O. The minimum absolute atomic E-state index is 0.00961. The number of nitrogens with zero attached hydrogens (tertiary/aromatic N) is 1. The van der Waals surface area contributed by atoms with Crippen molar-refractivity contribution in [3.8, 4) is 0 Å². The van der Waals surface area contributed by atoms with Crippen LogP contribution in [-0.2, 0) is 9.59 Å². The maximum atomic E-state index is 12.0. The van der Waals surface area contributed by atoms with Gasteiger partial charge in [0.05, 0.1) is 11.8 Å². The number of carbonyl (C=O) groups is 2. The van der Waals surface area contributed by atoms with Crippen LogP contribution >= 0.6 is 11.9 Å². The van der Waals surface area contributed by atoms with E-state index in [1.165, 1.54) is 16.3 Å². The summed E-state index contributed by atoms with van der Waals surface area (Å²) in [6, 6.07) is 0. The topological polar surface area (TPSA) is 37.4 Å². The molecule has 2 amide bonds. The van der Waals surface area contributed by atoms with E-state index in [0.29, 0.717) is 0 Å². The van der Waals surface area contributed by atoms with Crippen LogP contribution in [0.2, 0.25) is 0 Å². The van der Waals surface area contributed by atoms with Crippen LogP contribution in [0.3, 0.4) is 0 Å². The van der Waals surface area contributed by atoms with Crippen LogP contribution < -0.4 is 0 Å². The van der Waals surface area contributed by atoms with Crippen LogP contribution in [0.1, 0.15) is 45.4 Å². The first-order valence-electron chi connectivity index (χ1n) is 6.26. The summed E-state index contributed by atoms with van der Waals surface area (Å²) in [4.78, 5) is 24.1. The summed E-state index contributed by atoms with van der Waals surface area (Å²) in [6.45, 7) is 2.12. The van der Waals surface area contributed by atoms with Crippen molar-refractivity contribution in [1.82, 2.24) is 4.31 Å². The zero-order valence-electron chi connectivity index (χ0n) is 9.78. The lowest BCUT2D eigenvalue weighted by Crippen LogP contribution is -2.24. The minimum atomic E-state index is 0.00961. The summed E-state index contributed by atoms with van der Waals surface area (Å²) in [5, 5.41) is 0. The molecule has 1 aliphatic carbocycles. The zero-order valence-corrected chi connectivity index (χ0v) is 10.6. The second-order valence-electron chi connectivity index (χ2n) is 4.66. The fourth-order valence-corrected chi connectivity index (χ4v) is 3.68. The highest BCUT2D eigenvalue weighted by molar-refractivity contribution is 7.98. The van der Waals surface area contributed by atoms with Crippen molar-refractivity contribution in [2.45, 2.75) is 45.4 Å². The molecule has 4 heteroatoms. The van der Waals surface area contributed by atoms with Crippen LogP contribution in [-0.4, -0.2) is 21.9 Å². The Kier molecular flexibility index (Phi) is 3.90. The van der Waals surface area contributed by atoms with Crippen molar-refractivity contribution in [3.63, 3.8) is 0 Å². The smallest absolute Gasteiger partial charge is 0.243 e. The molecule has 0 spiro atoms. The van der Waals surface area contributed by atoms with E-state index in [2.05, 4.69) is 6.92 Å². The molecule has 2 fully saturated rings. The maximum Gasteiger partial charge on any atom is 0.243 e. The van der Waals surface area contributed by atoms with Gasteiger partial charge < -0.3 is 0 Å². The first kappa shape index (κ1) is 12.0. The van der Waals surface area contributed by atoms with E-state index >= 15 is 0 Å². The summed E-state index contributed by atoms with van der Waals surface area (Å²) >= 11 is 1.43. The normalized spacial score (nSPS) is 29.7. The van der Waals surface area contributed by atoms with Gasteiger partial charge in [-0.25, -0.2) is 4.31 Å². The quantitative estimate of drug-likeness (QED) is 0.431. The molecule has 1 saturated carbocycles. The van der Waals surface area contributed by atoms with Gasteiger partial charge in [-0.15, -0.1) is 0 Å². The Morgan fingerprint density at radius 2 is 1.75 bits per heavy atom. The summed E-state index contributed by atoms with van der Waals surface area (Å²) in [5.74, 6) is 1.06. The van der Waals surface area contributed by atoms with E-state index in [0.717, 1.165) is 44.3 Å². The molecule has 2 rings (SSSR count). The highest BCUT2D eigenvalue weighted by Crippen LogP contribution is 2.40. The second kappa shape index (κ2) is 5.21. The van der Waals surface area contributed by atoms with Gasteiger partial charge in [-0.2, -0.15) is 0 Å². The molecule has 0 aromatic carbocycles. The molecule has 1 aliphatic heterocycles. The minimum Gasteiger partial charge on any atom is -0.273 e. The molecule has 0 aromatic heterocycles. The van der Waals surface area contributed by atoms with Gasteiger partial charge in [0.25, 0.3) is 0 Å². The van der Waals surface area contributed by atoms with Crippen molar-refractivity contribution in [2.75, 3.05) is 5.75 Å². The monoisotopic (exact) mass is 241 g/mol. The van der Waals surface area contributed by atoms with Crippen LogP contribution in [0, 0.1) is 11.8 Å². The molecule has 2 aliphatic rings. The first-order valence-corrected chi connectivity index (χ1v) is 7.20. The third-order valence-corrected chi connectivity index (χ3v) is 4.61. The Morgan fingerprint density at radius 1 is 1.19 bits per heavy atom. The van der Waals surface area contributed by atoms with Crippen molar-refractivity contribution >= 4 is 23.8 Å². The average molecular weight is 241 g/mol. The Hall–Kier alpha value is -0.510. The molecule has 2 atom stereocenters. The van der Waals surface area contributed by atoms with Gasteiger partial charge in [0.15, 0.2) is 0 Å². The largest absolute Gasteiger partial charge is 0.273 e. The van der Waals surface area contributed by atoms with Crippen molar-refractivity contribution in [2.24, 2.45) is 11.8 Å². The van der Waals surface area contributed by atoms with E-state index in [9.17, 15) is 9.59 Å². The third kappa shape index (κ3) is 2.12. The molecule has 3 nitrogen and oxygen atoms in total. The highest BCUT2D eigenvalue weighted by atomic mass is 32.2. The van der Waals surface area contributed by atoms with Crippen LogP contribution in [0.25, 0.3) is 0 Å². The van der Waals surface area contributed by atoms with Gasteiger partial charge >= 0.3 is 0 Å². The predicted octanol–water partition coefficient (Wildman–Crippen LogP) is 2.61. The lowest BCUT2D eigenvalue weighted by atomic mass is 9.81. The average Bonchev–Trinajstić information content (AvgIpc) is 2.55. The summed E-state index contributed by atoms with van der Waals surface area (Å²) in [6.07, 6.45) is 6.22. The van der Waals surface area contributed by atoms with Gasteiger partial charge in [0.2, 0.25) is 11.8 Å². The fourth-order valence-electron chi connectivity index (χ4n) is 2.56. The van der Waals surface area contributed by atoms with Crippen LogP contribution in [0.4, 0.5) is 0 Å². The Bertz CT molecular complexity index is 269. The van der Waals surface area contributed by atoms with Crippen molar-refractivity contribution < 1.29 is 9.59 Å². The molecule has 0 N–H and O–H groups in total. The molecular weight excluding hydrogens is 222 g/mol. The molecule has 0 radical (unpaired) electrons. The van der Waals surface area contributed by atoms with Crippen LogP contribution in [0.5, 0.6) is 0 Å². The molecule has 90 valence electrons. The highest BCUT2D eigenvalue weighted by Gasteiger charge is 2.48. The zero-order chi connectivity index (χ0) is 11.5. The summed E-state index contributed by atoms with van der Waals surface area (Å²) < 4.78 is 1.45. The van der Waals surface area contributed by atoms with E-state index in [1.54, 1.807) is 0 Å². The number of unbranched alkanes of at least 4 members (excludes halogenated alkanes) is 1. The molecule has 1 heterocycles. The lowest BCUT2D eigenvalue weighted by Gasteiger charge is -2.19. The Labute approximate surface area is 101 Å². The Morgan fingerprint density at radius 3 is 2.25 bits per heavy atom. The fraction of sp³-hybridized carbons (Fsp3) is 0.833. The lowest BCUT2D eigenvalue weighted by molar-refractivity contribution is -0.133. The predicted molar refractivity (Wildman–Crippen MR) is 64.7 cm³/mol. The molecule has 16 heavy (non-hydrogen) atoms. The number of amides is 2. The standard InChI is InChI=1S/C12H19NO2S/c1-2-3-8-16-13-11(14)9-6-4-5-7-10(9)12(13)15/h9-10H,2-8H2,1H3. The van der Waals surface area contributed by atoms with Gasteiger partial charge in [0.1, 0.15) is 0 Å². The van der Waals surface area contributed by atoms with Crippen molar-refractivity contribution in [3.05, 3.63) is 0 Å². The number of hydrogen-bond donors (Lipinski definition) is 0. The van der Waals surface area contributed by atoms with Gasteiger partial charge in [0, 0.05) is 5.75 Å². The van der Waals surface area contributed by atoms with Gasteiger partial charge in [-0.3, -0.25) is 9.59 Å². The first-order chi connectivity index (χ1) is 7.75. The summed E-state index contributed by atoms with van der Waals surface area (Å²) in [5.41, 5.74) is 0. The number of fused-ring (bicyclic) bond motifs is 1. The van der Waals surface area contributed by atoms with Gasteiger partial charge in [-0.05, 0) is 31.2 Å². The molecule has 0 aromatic rings.